The second kappa shape index (κ2) is 8.21. The number of carbonyl (C=O) groups excluding carboxylic acids is 1. The molecular formula is C11H19NO3S. The van der Waals surface area contributed by atoms with Gasteiger partial charge in [-0.25, -0.2) is 4.79 Å². The van der Waals surface area contributed by atoms with Crippen LogP contribution in [0.3, 0.4) is 0 Å². The molecule has 0 bridgehead atoms. The van der Waals surface area contributed by atoms with E-state index in [9.17, 15) is 9.59 Å². The van der Waals surface area contributed by atoms with E-state index in [0.717, 1.165) is 23.5 Å². The zero-order chi connectivity index (χ0) is 12.6. The highest BCUT2D eigenvalue weighted by atomic mass is 32.2. The summed E-state index contributed by atoms with van der Waals surface area (Å²) < 4.78 is 0. The minimum absolute atomic E-state index is 0.306. The van der Waals surface area contributed by atoms with Gasteiger partial charge in [-0.1, -0.05) is 5.57 Å². The van der Waals surface area contributed by atoms with E-state index in [1.807, 2.05) is 6.92 Å². The molecule has 0 aliphatic carbocycles. The molecule has 2 N–H and O–H groups in total. The Morgan fingerprint density at radius 1 is 1.38 bits per heavy atom. The summed E-state index contributed by atoms with van der Waals surface area (Å²) in [4.78, 5) is 21.5. The molecule has 0 saturated carbocycles. The van der Waals surface area contributed by atoms with Crippen LogP contribution in [-0.2, 0) is 9.59 Å². The summed E-state index contributed by atoms with van der Waals surface area (Å²) >= 11 is 1.68. The molecule has 0 aromatic rings. The van der Waals surface area contributed by atoms with Crippen molar-refractivity contribution < 1.29 is 14.7 Å². The van der Waals surface area contributed by atoms with E-state index >= 15 is 0 Å². The highest BCUT2D eigenvalue weighted by Crippen LogP contribution is 2.09. The second-order valence-electron chi connectivity index (χ2n) is 3.70. The van der Waals surface area contributed by atoms with Gasteiger partial charge in [0.05, 0.1) is 0 Å². The normalized spacial score (nSPS) is 11.9. The highest BCUT2D eigenvalue weighted by molar-refractivity contribution is 7.99. The maximum absolute atomic E-state index is 10.8. The van der Waals surface area contributed by atoms with Crippen LogP contribution in [-0.4, -0.2) is 34.5 Å². The summed E-state index contributed by atoms with van der Waals surface area (Å²) in [5.74, 6) is 0.391. The lowest BCUT2D eigenvalue weighted by Crippen LogP contribution is -2.39. The van der Waals surface area contributed by atoms with Crippen molar-refractivity contribution >= 4 is 23.6 Å². The molecule has 1 amide bonds. The Bertz CT molecular complexity index is 266. The molecule has 0 saturated heterocycles. The summed E-state index contributed by atoms with van der Waals surface area (Å²) in [6.07, 6.45) is 1.40. The summed E-state index contributed by atoms with van der Waals surface area (Å²) in [6, 6.07) is -0.769. The van der Waals surface area contributed by atoms with Crippen molar-refractivity contribution in [2.24, 2.45) is 0 Å². The molecule has 0 aliphatic heterocycles. The molecule has 0 spiro atoms. The summed E-state index contributed by atoms with van der Waals surface area (Å²) in [5, 5.41) is 11.2. The zero-order valence-electron chi connectivity index (χ0n) is 9.78. The van der Waals surface area contributed by atoms with E-state index in [1.54, 1.807) is 11.8 Å². The van der Waals surface area contributed by atoms with Crippen LogP contribution in [0.5, 0.6) is 0 Å². The molecule has 5 heteroatoms. The Morgan fingerprint density at radius 3 is 2.44 bits per heavy atom. The fraction of sp³-hybridized carbons (Fsp3) is 0.636. The number of hydrogen-bond acceptors (Lipinski definition) is 3. The van der Waals surface area contributed by atoms with Crippen LogP contribution in [0.1, 0.15) is 26.7 Å². The molecule has 0 rings (SSSR count). The van der Waals surface area contributed by atoms with Gasteiger partial charge in [-0.05, 0) is 31.3 Å². The highest BCUT2D eigenvalue weighted by Gasteiger charge is 2.17. The number of carbonyl (C=O) groups is 2. The topological polar surface area (TPSA) is 66.4 Å². The van der Waals surface area contributed by atoms with Crippen LogP contribution in [0.15, 0.2) is 12.2 Å². The Labute approximate surface area is 100 Å². The number of allylic oxidation sites excluding steroid dienone is 1. The Hall–Kier alpha value is -0.970. The van der Waals surface area contributed by atoms with Gasteiger partial charge in [-0.15, -0.1) is 6.58 Å². The quantitative estimate of drug-likeness (QED) is 0.504. The lowest BCUT2D eigenvalue weighted by molar-refractivity contribution is -0.141. The molecule has 16 heavy (non-hydrogen) atoms. The van der Waals surface area contributed by atoms with Crippen molar-refractivity contribution in [2.45, 2.75) is 32.7 Å². The number of carboxylic acids is 1. The average Bonchev–Trinajstić information content (AvgIpc) is 2.14. The lowest BCUT2D eigenvalue weighted by atomic mass is 10.2. The standard InChI is InChI=1S/C11H19NO3S/c1-8(2)4-6-16-7-5-10(11(14)15)12-9(3)13/h10H,1,4-7H2,2-3H3,(H,12,13)(H,14,15). The van der Waals surface area contributed by atoms with Crippen molar-refractivity contribution in [3.63, 3.8) is 0 Å². The van der Waals surface area contributed by atoms with Gasteiger partial charge < -0.3 is 10.4 Å². The van der Waals surface area contributed by atoms with Crippen LogP contribution < -0.4 is 5.32 Å². The maximum atomic E-state index is 10.8. The van der Waals surface area contributed by atoms with E-state index in [4.69, 9.17) is 5.11 Å². The van der Waals surface area contributed by atoms with Gasteiger partial charge >= 0.3 is 5.97 Å². The third-order valence-electron chi connectivity index (χ3n) is 1.90. The number of hydrogen-bond donors (Lipinski definition) is 2. The van der Waals surface area contributed by atoms with Gasteiger partial charge in [-0.2, -0.15) is 11.8 Å². The van der Waals surface area contributed by atoms with E-state index in [1.165, 1.54) is 6.92 Å². The number of thioether (sulfide) groups is 1. The fourth-order valence-corrected chi connectivity index (χ4v) is 2.15. The van der Waals surface area contributed by atoms with E-state index in [0.29, 0.717) is 6.42 Å². The predicted molar refractivity (Wildman–Crippen MR) is 66.6 cm³/mol. The van der Waals surface area contributed by atoms with E-state index < -0.39 is 12.0 Å². The van der Waals surface area contributed by atoms with Crippen molar-refractivity contribution in [1.82, 2.24) is 5.32 Å². The van der Waals surface area contributed by atoms with Gasteiger partial charge in [0, 0.05) is 6.92 Å². The zero-order valence-corrected chi connectivity index (χ0v) is 10.6. The molecule has 0 aliphatic rings. The first-order chi connectivity index (χ1) is 7.43. The van der Waals surface area contributed by atoms with Gasteiger partial charge in [0.25, 0.3) is 0 Å². The molecule has 0 radical (unpaired) electrons. The van der Waals surface area contributed by atoms with Crippen molar-refractivity contribution in [2.75, 3.05) is 11.5 Å². The summed E-state index contributed by atoms with van der Waals surface area (Å²) in [5.41, 5.74) is 1.13. The number of amides is 1. The Balaban J connectivity index is 3.72. The van der Waals surface area contributed by atoms with Crippen LogP contribution in [0.4, 0.5) is 0 Å². The first-order valence-electron chi connectivity index (χ1n) is 5.15. The summed E-state index contributed by atoms with van der Waals surface area (Å²) in [7, 11) is 0. The SMILES string of the molecule is C=C(C)CCSCCC(NC(C)=O)C(=O)O. The molecular weight excluding hydrogens is 226 g/mol. The number of nitrogens with one attached hydrogen (secondary N) is 1. The third-order valence-corrected chi connectivity index (χ3v) is 2.92. The van der Waals surface area contributed by atoms with Gasteiger partial charge in [0.2, 0.25) is 5.91 Å². The van der Waals surface area contributed by atoms with Crippen LogP contribution in [0.2, 0.25) is 0 Å². The minimum Gasteiger partial charge on any atom is -0.480 e. The summed E-state index contributed by atoms with van der Waals surface area (Å²) in [6.45, 7) is 7.08. The minimum atomic E-state index is -0.976. The van der Waals surface area contributed by atoms with Crippen molar-refractivity contribution in [3.8, 4) is 0 Å². The molecule has 0 aromatic heterocycles. The van der Waals surface area contributed by atoms with E-state index in [-0.39, 0.29) is 5.91 Å². The van der Waals surface area contributed by atoms with E-state index in [2.05, 4.69) is 11.9 Å². The first kappa shape index (κ1) is 15.0. The predicted octanol–water partition coefficient (Wildman–Crippen LogP) is 1.67. The molecule has 92 valence electrons. The fourth-order valence-electron chi connectivity index (χ4n) is 1.05. The third kappa shape index (κ3) is 8.35. The number of carboxylic acid groups (broad SMARTS) is 1. The van der Waals surface area contributed by atoms with Crippen LogP contribution in [0, 0.1) is 0 Å². The molecule has 0 heterocycles. The van der Waals surface area contributed by atoms with Crippen molar-refractivity contribution in [1.29, 1.82) is 0 Å². The smallest absolute Gasteiger partial charge is 0.326 e. The second-order valence-corrected chi connectivity index (χ2v) is 4.92. The number of rotatable bonds is 8. The Morgan fingerprint density at radius 2 is 2.00 bits per heavy atom. The Kier molecular flexibility index (Phi) is 7.72. The molecule has 4 nitrogen and oxygen atoms in total. The van der Waals surface area contributed by atoms with Gasteiger partial charge in [0.15, 0.2) is 0 Å². The first-order valence-corrected chi connectivity index (χ1v) is 6.31. The molecule has 1 unspecified atom stereocenters. The largest absolute Gasteiger partial charge is 0.480 e. The maximum Gasteiger partial charge on any atom is 0.326 e. The van der Waals surface area contributed by atoms with Crippen LogP contribution in [0.25, 0.3) is 0 Å². The van der Waals surface area contributed by atoms with Gasteiger partial charge in [0.1, 0.15) is 6.04 Å². The molecule has 0 aromatic carbocycles. The van der Waals surface area contributed by atoms with Gasteiger partial charge in [-0.3, -0.25) is 4.79 Å². The monoisotopic (exact) mass is 245 g/mol. The molecule has 1 atom stereocenters. The number of aliphatic carboxylic acids is 1. The lowest BCUT2D eigenvalue weighted by Gasteiger charge is -2.12. The molecule has 0 fully saturated rings. The van der Waals surface area contributed by atoms with Crippen molar-refractivity contribution in [3.05, 3.63) is 12.2 Å². The average molecular weight is 245 g/mol. The van der Waals surface area contributed by atoms with Crippen LogP contribution >= 0.6 is 11.8 Å².